The maximum absolute atomic E-state index is 10.6. The third-order valence-electron chi connectivity index (χ3n) is 4.29. The summed E-state index contributed by atoms with van der Waals surface area (Å²) in [7, 11) is 0. The number of carbonyl (C=O) groups is 2. The molecular formula is C23H27BrF3NO5. The number of aliphatic carboxylic acids is 2. The summed E-state index contributed by atoms with van der Waals surface area (Å²) in [5, 5.41) is 18.8. The molecular weight excluding hydrogens is 507 g/mol. The minimum atomic E-state index is -5.08. The lowest BCUT2D eigenvalue weighted by Gasteiger charge is -2.08. The second-order valence-corrected chi connectivity index (χ2v) is 7.94. The lowest BCUT2D eigenvalue weighted by Crippen LogP contribution is -2.21. The van der Waals surface area contributed by atoms with Crippen LogP contribution in [0.5, 0.6) is 5.75 Å². The standard InChI is InChI=1S/C21H26BrNO3.C2HF3O2/c22-19-9-5-18(6-10-19)4-2-16-26-20-11-7-17(8-12-20)3-1-14-23-15-13-21(24)25;3-2(4,5)1(6)7/h5-12,23H,1-4,13-16H2,(H,24,25);(H,6,7). The maximum Gasteiger partial charge on any atom is 0.490 e. The van der Waals surface area contributed by atoms with E-state index in [2.05, 4.69) is 57.6 Å². The van der Waals surface area contributed by atoms with Crippen LogP contribution in [0, 0.1) is 0 Å². The highest BCUT2D eigenvalue weighted by molar-refractivity contribution is 9.10. The normalized spacial score (nSPS) is 10.8. The Labute approximate surface area is 198 Å². The molecule has 0 heterocycles. The number of carboxylic acid groups (broad SMARTS) is 2. The number of aryl methyl sites for hydroxylation is 2. The van der Waals surface area contributed by atoms with Crippen molar-refractivity contribution in [2.45, 2.75) is 38.3 Å². The summed E-state index contributed by atoms with van der Waals surface area (Å²) in [4.78, 5) is 19.3. The molecule has 6 nitrogen and oxygen atoms in total. The fraction of sp³-hybridized carbons (Fsp3) is 0.391. The molecule has 2 aromatic rings. The van der Waals surface area contributed by atoms with Gasteiger partial charge in [-0.1, -0.05) is 40.2 Å². The van der Waals surface area contributed by atoms with E-state index in [1.807, 2.05) is 12.1 Å². The molecule has 182 valence electrons. The fourth-order valence-corrected chi connectivity index (χ4v) is 2.87. The van der Waals surface area contributed by atoms with Crippen molar-refractivity contribution in [1.29, 1.82) is 0 Å². The van der Waals surface area contributed by atoms with E-state index in [4.69, 9.17) is 19.7 Å². The van der Waals surface area contributed by atoms with E-state index in [-0.39, 0.29) is 6.42 Å². The molecule has 0 amide bonds. The Morgan fingerprint density at radius 1 is 0.879 bits per heavy atom. The van der Waals surface area contributed by atoms with Gasteiger partial charge in [-0.2, -0.15) is 13.2 Å². The van der Waals surface area contributed by atoms with Crippen LogP contribution in [0.3, 0.4) is 0 Å². The van der Waals surface area contributed by atoms with Crippen molar-refractivity contribution in [1.82, 2.24) is 5.32 Å². The van der Waals surface area contributed by atoms with Crippen molar-refractivity contribution in [2.24, 2.45) is 0 Å². The van der Waals surface area contributed by atoms with Gasteiger partial charge in [0, 0.05) is 11.0 Å². The van der Waals surface area contributed by atoms with Gasteiger partial charge in [-0.25, -0.2) is 4.79 Å². The number of carboxylic acids is 2. The van der Waals surface area contributed by atoms with Crippen LogP contribution in [0.15, 0.2) is 53.0 Å². The molecule has 0 aromatic heterocycles. The molecule has 0 fully saturated rings. The van der Waals surface area contributed by atoms with Crippen LogP contribution >= 0.6 is 15.9 Å². The van der Waals surface area contributed by atoms with Gasteiger partial charge in [-0.05, 0) is 67.6 Å². The number of hydrogen-bond donors (Lipinski definition) is 3. The lowest BCUT2D eigenvalue weighted by molar-refractivity contribution is -0.192. The van der Waals surface area contributed by atoms with E-state index >= 15 is 0 Å². The van der Waals surface area contributed by atoms with Gasteiger partial charge in [0.2, 0.25) is 0 Å². The fourth-order valence-electron chi connectivity index (χ4n) is 2.61. The van der Waals surface area contributed by atoms with Crippen molar-refractivity contribution < 1.29 is 37.7 Å². The van der Waals surface area contributed by atoms with Gasteiger partial charge in [-0.3, -0.25) is 4.79 Å². The Morgan fingerprint density at radius 2 is 1.39 bits per heavy atom. The molecule has 33 heavy (non-hydrogen) atoms. The monoisotopic (exact) mass is 533 g/mol. The molecule has 0 aliphatic heterocycles. The molecule has 0 atom stereocenters. The van der Waals surface area contributed by atoms with Gasteiger partial charge < -0.3 is 20.3 Å². The Balaban J connectivity index is 0.000000675. The number of nitrogens with one attached hydrogen (secondary N) is 1. The van der Waals surface area contributed by atoms with Crippen LogP contribution in [0.25, 0.3) is 0 Å². The van der Waals surface area contributed by atoms with Crippen LogP contribution in [-0.4, -0.2) is 48.0 Å². The predicted molar refractivity (Wildman–Crippen MR) is 122 cm³/mol. The molecule has 0 aliphatic carbocycles. The zero-order chi connectivity index (χ0) is 24.7. The number of halogens is 4. The SMILES string of the molecule is O=C(O)C(F)(F)F.O=C(O)CCNCCCc1ccc(OCCCc2ccc(Br)cc2)cc1. The number of ether oxygens (including phenoxy) is 1. The first-order valence-electron chi connectivity index (χ1n) is 10.3. The average Bonchev–Trinajstić information content (AvgIpc) is 2.75. The topological polar surface area (TPSA) is 95.9 Å². The van der Waals surface area contributed by atoms with Gasteiger partial charge in [0.05, 0.1) is 13.0 Å². The van der Waals surface area contributed by atoms with E-state index in [1.54, 1.807) is 0 Å². The Kier molecular flexibility index (Phi) is 13.2. The number of alkyl halides is 3. The van der Waals surface area contributed by atoms with Crippen LogP contribution < -0.4 is 10.1 Å². The van der Waals surface area contributed by atoms with Crippen LogP contribution in [0.4, 0.5) is 13.2 Å². The van der Waals surface area contributed by atoms with E-state index in [1.165, 1.54) is 11.1 Å². The van der Waals surface area contributed by atoms with Crippen LogP contribution in [0.1, 0.15) is 30.4 Å². The Bertz CT molecular complexity index is 843. The molecule has 10 heteroatoms. The summed E-state index contributed by atoms with van der Waals surface area (Å²) < 4.78 is 38.7. The summed E-state index contributed by atoms with van der Waals surface area (Å²) in [6.45, 7) is 2.08. The van der Waals surface area contributed by atoms with E-state index in [0.717, 1.165) is 42.5 Å². The first kappa shape index (κ1) is 28.4. The summed E-state index contributed by atoms with van der Waals surface area (Å²) in [5.74, 6) is -2.61. The summed E-state index contributed by atoms with van der Waals surface area (Å²) in [6, 6.07) is 16.6. The second-order valence-electron chi connectivity index (χ2n) is 7.02. The average molecular weight is 534 g/mol. The van der Waals surface area contributed by atoms with Crippen molar-refractivity contribution in [3.8, 4) is 5.75 Å². The van der Waals surface area contributed by atoms with E-state index in [0.29, 0.717) is 13.2 Å². The quantitative estimate of drug-likeness (QED) is 0.329. The third-order valence-corrected chi connectivity index (χ3v) is 4.82. The van der Waals surface area contributed by atoms with Crippen LogP contribution in [-0.2, 0) is 22.4 Å². The second kappa shape index (κ2) is 15.3. The molecule has 0 saturated heterocycles. The van der Waals surface area contributed by atoms with E-state index < -0.39 is 18.1 Å². The molecule has 0 saturated carbocycles. The maximum atomic E-state index is 10.6. The summed E-state index contributed by atoms with van der Waals surface area (Å²) in [6.07, 6.45) is -0.934. The highest BCUT2D eigenvalue weighted by atomic mass is 79.9. The number of benzene rings is 2. The van der Waals surface area contributed by atoms with E-state index in [9.17, 15) is 18.0 Å². The van der Waals surface area contributed by atoms with Gasteiger partial charge in [0.25, 0.3) is 0 Å². The Hall–Kier alpha value is -2.59. The molecule has 0 bridgehead atoms. The Morgan fingerprint density at radius 3 is 1.91 bits per heavy atom. The molecule has 2 rings (SSSR count). The summed E-state index contributed by atoms with van der Waals surface area (Å²) >= 11 is 3.45. The first-order chi connectivity index (χ1) is 15.6. The van der Waals surface area contributed by atoms with Gasteiger partial charge in [0.1, 0.15) is 5.75 Å². The number of hydrogen-bond acceptors (Lipinski definition) is 4. The highest BCUT2D eigenvalue weighted by Gasteiger charge is 2.38. The summed E-state index contributed by atoms with van der Waals surface area (Å²) in [5.41, 5.74) is 2.59. The van der Waals surface area contributed by atoms with Crippen molar-refractivity contribution in [3.05, 3.63) is 64.1 Å². The third kappa shape index (κ3) is 14.2. The largest absolute Gasteiger partial charge is 0.494 e. The van der Waals surface area contributed by atoms with Crippen molar-refractivity contribution in [3.63, 3.8) is 0 Å². The number of rotatable bonds is 12. The van der Waals surface area contributed by atoms with Gasteiger partial charge in [-0.15, -0.1) is 0 Å². The van der Waals surface area contributed by atoms with Crippen LogP contribution in [0.2, 0.25) is 0 Å². The zero-order valence-electron chi connectivity index (χ0n) is 17.9. The minimum absolute atomic E-state index is 0.174. The molecule has 0 aliphatic rings. The van der Waals surface area contributed by atoms with Crippen molar-refractivity contribution >= 4 is 27.9 Å². The molecule has 0 radical (unpaired) electrons. The molecule has 3 N–H and O–H groups in total. The lowest BCUT2D eigenvalue weighted by atomic mass is 10.1. The highest BCUT2D eigenvalue weighted by Crippen LogP contribution is 2.15. The first-order valence-corrected chi connectivity index (χ1v) is 11.1. The van der Waals surface area contributed by atoms with Crippen molar-refractivity contribution in [2.75, 3.05) is 19.7 Å². The zero-order valence-corrected chi connectivity index (χ0v) is 19.5. The van der Waals surface area contributed by atoms with Gasteiger partial charge >= 0.3 is 18.1 Å². The predicted octanol–water partition coefficient (Wildman–Crippen LogP) is 5.09. The molecule has 0 spiro atoms. The molecule has 2 aromatic carbocycles. The minimum Gasteiger partial charge on any atom is -0.494 e. The smallest absolute Gasteiger partial charge is 0.490 e. The van der Waals surface area contributed by atoms with Gasteiger partial charge in [0.15, 0.2) is 0 Å². The molecule has 0 unspecified atom stereocenters.